The van der Waals surface area contributed by atoms with Crippen LogP contribution in [0.25, 0.3) is 6.08 Å². The fraction of sp³-hybridized carbons (Fsp3) is 0. The van der Waals surface area contributed by atoms with Crippen LogP contribution in [0.5, 0.6) is 5.88 Å². The third kappa shape index (κ3) is 1.73. The highest BCUT2D eigenvalue weighted by Gasteiger charge is 2.03. The minimum Gasteiger partial charge on any atom is -0.494 e. The van der Waals surface area contributed by atoms with Gasteiger partial charge in [-0.25, -0.2) is 9.98 Å². The first-order valence-corrected chi connectivity index (χ1v) is 4.67. The number of nitrogens with one attached hydrogen (secondary N) is 1. The van der Waals surface area contributed by atoms with Gasteiger partial charge in [0, 0.05) is 0 Å². The van der Waals surface area contributed by atoms with Crippen molar-refractivity contribution in [2.45, 2.75) is 0 Å². The Kier molecular flexibility index (Phi) is 2.07. The maximum atomic E-state index is 9.34. The molecule has 0 atom stereocenters. The molecule has 0 aliphatic carbocycles. The number of H-pyrrole nitrogens is 1. The number of aromatic nitrogens is 1. The molecule has 0 unspecified atom stereocenters. The summed E-state index contributed by atoms with van der Waals surface area (Å²) in [5.41, 5.74) is 0.709. The number of thiazole rings is 1. The molecule has 2 N–H and O–H groups in total. The molecule has 66 valence electrons. The van der Waals surface area contributed by atoms with Crippen molar-refractivity contribution >= 4 is 42.2 Å². The molecule has 0 radical (unpaired) electrons. The number of rotatable bonds is 1. The molecule has 0 spiro atoms. The van der Waals surface area contributed by atoms with E-state index in [1.165, 1.54) is 17.7 Å². The van der Waals surface area contributed by atoms with Gasteiger partial charge in [0.2, 0.25) is 5.88 Å². The van der Waals surface area contributed by atoms with Gasteiger partial charge in [-0.2, -0.15) is 0 Å². The van der Waals surface area contributed by atoms with E-state index < -0.39 is 0 Å². The van der Waals surface area contributed by atoms with Gasteiger partial charge in [0.1, 0.15) is 6.34 Å². The van der Waals surface area contributed by atoms with Crippen molar-refractivity contribution in [1.29, 1.82) is 0 Å². The standard InChI is InChI=1S/C7H5N3OS2/c11-6-5(13-7(12)10-6)1-4-2-8-3-9-4/h1-3,11H,(H,10,12). The van der Waals surface area contributed by atoms with Gasteiger partial charge in [-0.1, -0.05) is 0 Å². The summed E-state index contributed by atoms with van der Waals surface area (Å²) in [6, 6.07) is 0. The molecule has 0 bridgehead atoms. The normalized spacial score (nSPS) is 17.4. The van der Waals surface area contributed by atoms with Crippen LogP contribution in [-0.2, 0) is 0 Å². The second-order valence-corrected chi connectivity index (χ2v) is 4.04. The molecule has 1 aromatic heterocycles. The first-order chi connectivity index (χ1) is 6.25. The van der Waals surface area contributed by atoms with Crippen molar-refractivity contribution in [2.24, 2.45) is 9.98 Å². The zero-order chi connectivity index (χ0) is 9.26. The third-order valence-corrected chi connectivity index (χ3v) is 2.59. The molecule has 0 saturated heterocycles. The maximum Gasteiger partial charge on any atom is 0.207 e. The van der Waals surface area contributed by atoms with E-state index in [9.17, 15) is 5.11 Å². The molecule has 4 nitrogen and oxygen atoms in total. The second-order valence-electron chi connectivity index (χ2n) is 2.32. The summed E-state index contributed by atoms with van der Waals surface area (Å²) in [5.74, 6) is 0.0815. The zero-order valence-corrected chi connectivity index (χ0v) is 8.02. The van der Waals surface area contributed by atoms with Gasteiger partial charge in [-0.3, -0.25) is 0 Å². The lowest BCUT2D eigenvalue weighted by Gasteiger charge is -1.87. The molecule has 0 aromatic carbocycles. The summed E-state index contributed by atoms with van der Waals surface area (Å²) in [5, 5.41) is 9.34. The molecule has 13 heavy (non-hydrogen) atoms. The van der Waals surface area contributed by atoms with Gasteiger partial charge in [0.15, 0.2) is 3.95 Å². The maximum absolute atomic E-state index is 9.34. The summed E-state index contributed by atoms with van der Waals surface area (Å²) >= 11 is 6.16. The van der Waals surface area contributed by atoms with Gasteiger partial charge >= 0.3 is 0 Å². The Bertz CT molecular complexity index is 452. The Labute approximate surface area is 83.0 Å². The number of aromatic amines is 1. The van der Waals surface area contributed by atoms with E-state index in [1.54, 1.807) is 12.3 Å². The highest BCUT2D eigenvalue weighted by molar-refractivity contribution is 7.73. The van der Waals surface area contributed by atoms with E-state index in [-0.39, 0.29) is 5.88 Å². The summed E-state index contributed by atoms with van der Waals surface area (Å²) in [7, 11) is 0. The Balaban J connectivity index is 2.42. The molecule has 0 saturated carbocycles. The summed E-state index contributed by atoms with van der Waals surface area (Å²) in [4.78, 5) is 11.0. The smallest absolute Gasteiger partial charge is 0.207 e. The van der Waals surface area contributed by atoms with E-state index in [0.717, 1.165) is 0 Å². The molecule has 2 heterocycles. The van der Waals surface area contributed by atoms with Gasteiger partial charge in [-0.05, 0) is 18.3 Å². The molecule has 0 amide bonds. The third-order valence-electron chi connectivity index (χ3n) is 1.42. The fourth-order valence-electron chi connectivity index (χ4n) is 0.882. The van der Waals surface area contributed by atoms with Crippen molar-refractivity contribution < 1.29 is 5.11 Å². The van der Waals surface area contributed by atoms with Crippen LogP contribution in [0, 0.1) is 3.95 Å². The van der Waals surface area contributed by atoms with Crippen molar-refractivity contribution in [2.75, 3.05) is 0 Å². The second kappa shape index (κ2) is 3.23. The lowest BCUT2D eigenvalue weighted by molar-refractivity contribution is 0.456. The van der Waals surface area contributed by atoms with Gasteiger partial charge < -0.3 is 10.1 Å². The molecule has 1 aromatic rings. The number of hydrogen-bond acceptors (Lipinski definition) is 5. The number of hydrogen-bond donors (Lipinski definition) is 2. The predicted molar refractivity (Wildman–Crippen MR) is 56.1 cm³/mol. The molecule has 6 heteroatoms. The lowest BCUT2D eigenvalue weighted by Crippen LogP contribution is -1.73. The van der Waals surface area contributed by atoms with E-state index in [4.69, 9.17) is 12.2 Å². The number of allylic oxidation sites excluding steroid dienone is 1. The van der Waals surface area contributed by atoms with Gasteiger partial charge in [0.25, 0.3) is 0 Å². The van der Waals surface area contributed by atoms with Gasteiger partial charge in [-0.15, -0.1) is 11.3 Å². The molecular weight excluding hydrogens is 206 g/mol. The first-order valence-electron chi connectivity index (χ1n) is 3.45. The van der Waals surface area contributed by atoms with Crippen molar-refractivity contribution in [3.63, 3.8) is 0 Å². The Morgan fingerprint density at radius 3 is 3.00 bits per heavy atom. The lowest BCUT2D eigenvalue weighted by atomic mass is 10.4. The van der Waals surface area contributed by atoms with Crippen LogP contribution in [-0.4, -0.2) is 22.6 Å². The van der Waals surface area contributed by atoms with E-state index >= 15 is 0 Å². The van der Waals surface area contributed by atoms with Crippen LogP contribution < -0.4 is 0 Å². The summed E-state index contributed by atoms with van der Waals surface area (Å²) in [6.45, 7) is 0. The van der Waals surface area contributed by atoms with Crippen LogP contribution in [0.1, 0.15) is 4.88 Å². The largest absolute Gasteiger partial charge is 0.494 e. The van der Waals surface area contributed by atoms with Crippen LogP contribution >= 0.6 is 23.6 Å². The van der Waals surface area contributed by atoms with Crippen molar-refractivity contribution in [3.05, 3.63) is 14.5 Å². The van der Waals surface area contributed by atoms with E-state index in [1.807, 2.05) is 0 Å². The SMILES string of the molecule is Oc1[nH]c(=S)sc1C=C1C=NC=N1. The summed E-state index contributed by atoms with van der Waals surface area (Å²) in [6.07, 6.45) is 4.79. The number of aliphatic imine (C=N–C) groups is 2. The average molecular weight is 211 g/mol. The molecule has 1 aliphatic heterocycles. The van der Waals surface area contributed by atoms with E-state index in [2.05, 4.69) is 15.0 Å². The minimum atomic E-state index is 0.0815. The molecular formula is C7H5N3OS2. The van der Waals surface area contributed by atoms with Crippen LogP contribution in [0.4, 0.5) is 0 Å². The van der Waals surface area contributed by atoms with Crippen molar-refractivity contribution in [3.8, 4) is 5.88 Å². The minimum absolute atomic E-state index is 0.0815. The molecule has 1 aliphatic rings. The summed E-state index contributed by atoms with van der Waals surface area (Å²) < 4.78 is 0.545. The van der Waals surface area contributed by atoms with Crippen molar-refractivity contribution in [1.82, 2.24) is 4.98 Å². The first kappa shape index (κ1) is 8.33. The Morgan fingerprint density at radius 2 is 2.46 bits per heavy atom. The van der Waals surface area contributed by atoms with Crippen LogP contribution in [0.2, 0.25) is 0 Å². The topological polar surface area (TPSA) is 60.7 Å². The number of nitrogens with zero attached hydrogens (tertiary/aromatic N) is 2. The van der Waals surface area contributed by atoms with E-state index in [0.29, 0.717) is 14.5 Å². The number of aromatic hydroxyl groups is 1. The Morgan fingerprint density at radius 1 is 1.62 bits per heavy atom. The molecule has 2 rings (SSSR count). The van der Waals surface area contributed by atoms with Crippen LogP contribution in [0.15, 0.2) is 15.7 Å². The molecule has 0 fully saturated rings. The average Bonchev–Trinajstić information content (AvgIpc) is 2.63. The predicted octanol–water partition coefficient (Wildman–Crippen LogP) is 1.96. The monoisotopic (exact) mass is 211 g/mol. The van der Waals surface area contributed by atoms with Crippen LogP contribution in [0.3, 0.4) is 0 Å². The quantitative estimate of drug-likeness (QED) is 0.697. The fourth-order valence-corrected chi connectivity index (χ4v) is 1.92. The highest BCUT2D eigenvalue weighted by Crippen LogP contribution is 2.24. The van der Waals surface area contributed by atoms with Gasteiger partial charge in [0.05, 0.1) is 16.8 Å². The zero-order valence-electron chi connectivity index (χ0n) is 6.39. The highest BCUT2D eigenvalue weighted by atomic mass is 32.1. The Hall–Kier alpha value is -1.27.